The lowest BCUT2D eigenvalue weighted by Gasteiger charge is -2.44. The first-order valence-corrected chi connectivity index (χ1v) is 7.80. The molecule has 1 N–H and O–H groups in total. The van der Waals surface area contributed by atoms with E-state index in [9.17, 15) is 0 Å². The van der Waals surface area contributed by atoms with Crippen molar-refractivity contribution in [2.24, 2.45) is 11.8 Å². The third kappa shape index (κ3) is 3.94. The molecule has 1 saturated carbocycles. The van der Waals surface area contributed by atoms with Crippen molar-refractivity contribution in [3.05, 3.63) is 0 Å². The van der Waals surface area contributed by atoms with E-state index in [1.54, 1.807) is 0 Å². The second kappa shape index (κ2) is 7.46. The molecule has 0 aromatic carbocycles. The minimum atomic E-state index is 0.831. The first kappa shape index (κ1) is 14.3. The normalized spacial score (nSPS) is 29.5. The fourth-order valence-electron chi connectivity index (χ4n) is 3.31. The van der Waals surface area contributed by atoms with Crippen LogP contribution in [0.1, 0.15) is 39.0 Å². The van der Waals surface area contributed by atoms with Gasteiger partial charge in [0.2, 0.25) is 0 Å². The molecule has 0 amide bonds. The van der Waals surface area contributed by atoms with Crippen LogP contribution < -0.4 is 5.32 Å². The highest BCUT2D eigenvalue weighted by molar-refractivity contribution is 4.89. The topological polar surface area (TPSA) is 24.5 Å². The Morgan fingerprint density at radius 2 is 1.94 bits per heavy atom. The summed E-state index contributed by atoms with van der Waals surface area (Å²) in [6, 6.07) is 0.831. The summed E-state index contributed by atoms with van der Waals surface area (Å²) in [5, 5.41) is 3.58. The van der Waals surface area contributed by atoms with Crippen molar-refractivity contribution in [2.75, 3.05) is 39.9 Å². The van der Waals surface area contributed by atoms with Gasteiger partial charge < -0.3 is 15.0 Å². The fourth-order valence-corrected chi connectivity index (χ4v) is 3.31. The zero-order valence-corrected chi connectivity index (χ0v) is 12.2. The highest BCUT2D eigenvalue weighted by Gasteiger charge is 2.34. The van der Waals surface area contributed by atoms with Crippen LogP contribution >= 0.6 is 0 Å². The SMILES string of the molecule is CCCNCC1CCC1N(C)CC1CCOCC1. The van der Waals surface area contributed by atoms with Gasteiger partial charge in [0.15, 0.2) is 0 Å². The molecular formula is C15H30N2O. The molecule has 0 spiro atoms. The summed E-state index contributed by atoms with van der Waals surface area (Å²) < 4.78 is 5.44. The molecule has 1 saturated heterocycles. The highest BCUT2D eigenvalue weighted by atomic mass is 16.5. The minimum Gasteiger partial charge on any atom is -0.381 e. The number of hydrogen-bond acceptors (Lipinski definition) is 3. The maximum Gasteiger partial charge on any atom is 0.0469 e. The van der Waals surface area contributed by atoms with E-state index >= 15 is 0 Å². The Kier molecular flexibility index (Phi) is 5.93. The zero-order chi connectivity index (χ0) is 12.8. The quantitative estimate of drug-likeness (QED) is 0.704. The molecular weight excluding hydrogens is 224 g/mol. The summed E-state index contributed by atoms with van der Waals surface area (Å²) in [6.07, 6.45) is 6.58. The van der Waals surface area contributed by atoms with Gasteiger partial charge in [-0.05, 0) is 64.1 Å². The van der Waals surface area contributed by atoms with Gasteiger partial charge in [0.25, 0.3) is 0 Å². The molecule has 2 rings (SSSR count). The van der Waals surface area contributed by atoms with Crippen LogP contribution in [0.5, 0.6) is 0 Å². The van der Waals surface area contributed by atoms with Crippen LogP contribution in [0.4, 0.5) is 0 Å². The largest absolute Gasteiger partial charge is 0.381 e. The Morgan fingerprint density at radius 1 is 1.17 bits per heavy atom. The smallest absolute Gasteiger partial charge is 0.0469 e. The van der Waals surface area contributed by atoms with Gasteiger partial charge in [-0.2, -0.15) is 0 Å². The van der Waals surface area contributed by atoms with E-state index in [-0.39, 0.29) is 0 Å². The van der Waals surface area contributed by atoms with Gasteiger partial charge in [0, 0.05) is 25.8 Å². The Labute approximate surface area is 112 Å². The van der Waals surface area contributed by atoms with E-state index in [2.05, 4.69) is 24.2 Å². The molecule has 3 nitrogen and oxygen atoms in total. The van der Waals surface area contributed by atoms with Crippen LogP contribution in [0, 0.1) is 11.8 Å². The lowest BCUT2D eigenvalue weighted by Crippen LogP contribution is -2.50. The van der Waals surface area contributed by atoms with E-state index in [1.165, 1.54) is 51.7 Å². The maximum absolute atomic E-state index is 5.44. The molecule has 1 aliphatic heterocycles. The summed E-state index contributed by atoms with van der Waals surface area (Å²) in [7, 11) is 2.33. The summed E-state index contributed by atoms with van der Waals surface area (Å²) in [5.74, 6) is 1.76. The van der Waals surface area contributed by atoms with E-state index in [0.29, 0.717) is 0 Å². The predicted molar refractivity (Wildman–Crippen MR) is 75.8 cm³/mol. The molecule has 3 heteroatoms. The van der Waals surface area contributed by atoms with Crippen molar-refractivity contribution in [3.8, 4) is 0 Å². The highest BCUT2D eigenvalue weighted by Crippen LogP contribution is 2.32. The molecule has 2 aliphatic rings. The monoisotopic (exact) mass is 254 g/mol. The van der Waals surface area contributed by atoms with E-state index in [4.69, 9.17) is 4.74 Å². The molecule has 1 heterocycles. The average Bonchev–Trinajstić information content (AvgIpc) is 2.34. The molecule has 2 atom stereocenters. The third-order valence-corrected chi connectivity index (χ3v) is 4.66. The molecule has 0 aromatic rings. The molecule has 2 unspecified atom stereocenters. The first-order valence-electron chi connectivity index (χ1n) is 7.80. The second-order valence-electron chi connectivity index (χ2n) is 6.10. The second-order valence-corrected chi connectivity index (χ2v) is 6.10. The zero-order valence-electron chi connectivity index (χ0n) is 12.2. The summed E-state index contributed by atoms with van der Waals surface area (Å²) in [6.45, 7) is 7.86. The van der Waals surface area contributed by atoms with Crippen LogP contribution in [0.15, 0.2) is 0 Å². The summed E-state index contributed by atoms with van der Waals surface area (Å²) in [4.78, 5) is 2.62. The van der Waals surface area contributed by atoms with E-state index < -0.39 is 0 Å². The van der Waals surface area contributed by atoms with Crippen LogP contribution in [0.2, 0.25) is 0 Å². The predicted octanol–water partition coefficient (Wildman–Crippen LogP) is 2.12. The van der Waals surface area contributed by atoms with Crippen molar-refractivity contribution >= 4 is 0 Å². The number of nitrogens with one attached hydrogen (secondary N) is 1. The van der Waals surface area contributed by atoms with E-state index in [1.807, 2.05) is 0 Å². The van der Waals surface area contributed by atoms with Gasteiger partial charge in [-0.3, -0.25) is 0 Å². The van der Waals surface area contributed by atoms with Gasteiger partial charge >= 0.3 is 0 Å². The number of hydrogen-bond donors (Lipinski definition) is 1. The Morgan fingerprint density at radius 3 is 2.56 bits per heavy atom. The molecule has 18 heavy (non-hydrogen) atoms. The average molecular weight is 254 g/mol. The number of ether oxygens (including phenoxy) is 1. The molecule has 0 bridgehead atoms. The molecule has 2 fully saturated rings. The molecule has 106 valence electrons. The number of rotatable bonds is 7. The van der Waals surface area contributed by atoms with Crippen LogP contribution in [-0.2, 0) is 4.74 Å². The third-order valence-electron chi connectivity index (χ3n) is 4.66. The van der Waals surface area contributed by atoms with Crippen molar-refractivity contribution in [1.29, 1.82) is 0 Å². The van der Waals surface area contributed by atoms with E-state index in [0.717, 1.165) is 31.1 Å². The lowest BCUT2D eigenvalue weighted by molar-refractivity contribution is 0.0267. The minimum absolute atomic E-state index is 0.831. The molecule has 1 aliphatic carbocycles. The van der Waals surface area contributed by atoms with Gasteiger partial charge in [-0.1, -0.05) is 6.92 Å². The van der Waals surface area contributed by atoms with Crippen LogP contribution in [0.3, 0.4) is 0 Å². The summed E-state index contributed by atoms with van der Waals surface area (Å²) in [5.41, 5.74) is 0. The molecule has 0 radical (unpaired) electrons. The molecule has 0 aromatic heterocycles. The van der Waals surface area contributed by atoms with Crippen LogP contribution in [0.25, 0.3) is 0 Å². The Balaban J connectivity index is 1.66. The van der Waals surface area contributed by atoms with Crippen LogP contribution in [-0.4, -0.2) is 50.8 Å². The fraction of sp³-hybridized carbons (Fsp3) is 1.00. The number of nitrogens with zero attached hydrogens (tertiary/aromatic N) is 1. The maximum atomic E-state index is 5.44. The first-order chi connectivity index (χ1) is 8.81. The van der Waals surface area contributed by atoms with Crippen molar-refractivity contribution < 1.29 is 4.74 Å². The Hall–Kier alpha value is -0.120. The standard InChI is InChI=1S/C15H30N2O/c1-3-8-16-11-14-4-5-15(14)17(2)12-13-6-9-18-10-7-13/h13-16H,3-12H2,1-2H3. The van der Waals surface area contributed by atoms with Crippen molar-refractivity contribution in [1.82, 2.24) is 10.2 Å². The van der Waals surface area contributed by atoms with Crippen molar-refractivity contribution in [3.63, 3.8) is 0 Å². The summed E-state index contributed by atoms with van der Waals surface area (Å²) >= 11 is 0. The van der Waals surface area contributed by atoms with Gasteiger partial charge in [0.1, 0.15) is 0 Å². The Bertz CT molecular complexity index is 229. The van der Waals surface area contributed by atoms with Gasteiger partial charge in [0.05, 0.1) is 0 Å². The van der Waals surface area contributed by atoms with Gasteiger partial charge in [-0.15, -0.1) is 0 Å². The lowest BCUT2D eigenvalue weighted by atomic mass is 9.78. The van der Waals surface area contributed by atoms with Gasteiger partial charge in [-0.25, -0.2) is 0 Å². The van der Waals surface area contributed by atoms with Crippen molar-refractivity contribution in [2.45, 2.75) is 45.1 Å².